The smallest absolute Gasteiger partial charge is 0.251 e. The van der Waals surface area contributed by atoms with Gasteiger partial charge in [-0.1, -0.05) is 0 Å². The number of hydrogen-bond acceptors (Lipinski definition) is 3. The Morgan fingerprint density at radius 1 is 1.05 bits per heavy atom. The van der Waals surface area contributed by atoms with Gasteiger partial charge >= 0.3 is 0 Å². The third-order valence-electron chi connectivity index (χ3n) is 5.98. The highest BCUT2D eigenvalue weighted by atomic mass is 16.3. The number of fused-ring (bicyclic) bond motifs is 2. The van der Waals surface area contributed by atoms with Crippen LogP contribution in [0.25, 0.3) is 0 Å². The van der Waals surface area contributed by atoms with Crippen molar-refractivity contribution >= 4 is 5.91 Å². The van der Waals surface area contributed by atoms with Gasteiger partial charge in [0.15, 0.2) is 0 Å². The summed E-state index contributed by atoms with van der Waals surface area (Å²) in [5.74, 6) is 1.34. The van der Waals surface area contributed by atoms with Crippen molar-refractivity contribution in [2.75, 3.05) is 19.6 Å². The molecule has 106 valence electrons. The van der Waals surface area contributed by atoms with Gasteiger partial charge in [0.05, 0.1) is 0 Å². The van der Waals surface area contributed by atoms with Crippen molar-refractivity contribution in [3.63, 3.8) is 0 Å². The number of piperidine rings is 4. The molecule has 4 fully saturated rings. The second-order valence-corrected chi connectivity index (χ2v) is 6.89. The Hall–Kier alpha value is -0.610. The molecule has 0 bridgehead atoms. The number of carbonyl (C=O) groups is 1. The molecule has 5 unspecified atom stereocenters. The first-order valence-electron chi connectivity index (χ1n) is 7.98. The number of aliphatic hydroxyl groups excluding tert-OH is 1. The Kier molecular flexibility index (Phi) is 2.85. The summed E-state index contributed by atoms with van der Waals surface area (Å²) in [7, 11) is 0. The van der Waals surface area contributed by atoms with Crippen LogP contribution in [0.3, 0.4) is 0 Å². The van der Waals surface area contributed by atoms with E-state index in [-0.39, 0.29) is 5.91 Å². The van der Waals surface area contributed by atoms with Gasteiger partial charge in [-0.15, -0.1) is 0 Å². The van der Waals surface area contributed by atoms with Gasteiger partial charge in [-0.2, -0.15) is 0 Å². The summed E-state index contributed by atoms with van der Waals surface area (Å²) in [6, 6.07) is 1.14. The molecule has 19 heavy (non-hydrogen) atoms. The van der Waals surface area contributed by atoms with Gasteiger partial charge < -0.3 is 10.0 Å². The second kappa shape index (κ2) is 4.45. The SMILES string of the molecule is O=C1C(O)CCC2C3CCCN4CCCC(CN12)C34. The maximum Gasteiger partial charge on any atom is 0.251 e. The molecular weight excluding hydrogens is 240 g/mol. The van der Waals surface area contributed by atoms with Crippen LogP contribution in [-0.2, 0) is 4.79 Å². The molecule has 0 radical (unpaired) electrons. The molecule has 4 nitrogen and oxygen atoms in total. The van der Waals surface area contributed by atoms with E-state index in [2.05, 4.69) is 9.80 Å². The highest BCUT2D eigenvalue weighted by Crippen LogP contribution is 2.44. The van der Waals surface area contributed by atoms with Gasteiger partial charge in [0.1, 0.15) is 6.10 Å². The summed E-state index contributed by atoms with van der Waals surface area (Å²) < 4.78 is 0. The van der Waals surface area contributed by atoms with E-state index in [1.54, 1.807) is 0 Å². The van der Waals surface area contributed by atoms with Crippen molar-refractivity contribution in [2.24, 2.45) is 11.8 Å². The van der Waals surface area contributed by atoms with E-state index in [9.17, 15) is 9.90 Å². The van der Waals surface area contributed by atoms with Crippen molar-refractivity contribution < 1.29 is 9.90 Å². The zero-order valence-electron chi connectivity index (χ0n) is 11.5. The largest absolute Gasteiger partial charge is 0.383 e. The summed E-state index contributed by atoms with van der Waals surface area (Å²) in [4.78, 5) is 17.0. The lowest BCUT2D eigenvalue weighted by Crippen LogP contribution is -2.67. The summed E-state index contributed by atoms with van der Waals surface area (Å²) in [5.41, 5.74) is 0. The van der Waals surface area contributed by atoms with E-state index in [1.807, 2.05) is 0 Å². The lowest BCUT2D eigenvalue weighted by molar-refractivity contribution is -0.162. The van der Waals surface area contributed by atoms with Gasteiger partial charge in [0.25, 0.3) is 5.91 Å². The lowest BCUT2D eigenvalue weighted by atomic mass is 9.68. The van der Waals surface area contributed by atoms with E-state index < -0.39 is 6.10 Å². The van der Waals surface area contributed by atoms with Crippen LogP contribution in [-0.4, -0.2) is 58.6 Å². The Morgan fingerprint density at radius 3 is 2.68 bits per heavy atom. The number of hydrogen-bond donors (Lipinski definition) is 1. The number of aliphatic hydroxyl groups is 1. The first kappa shape index (κ1) is 12.2. The minimum absolute atomic E-state index is 0.0115. The molecule has 4 saturated heterocycles. The number of nitrogens with zero attached hydrogens (tertiary/aromatic N) is 2. The standard InChI is InChI=1S/C15H24N2O2/c18-13-6-5-12-11-4-2-8-16-7-1-3-10(14(11)16)9-17(12)15(13)19/h10-14,18H,1-9H2. The molecule has 0 aliphatic carbocycles. The van der Waals surface area contributed by atoms with Gasteiger partial charge in [-0.3, -0.25) is 9.69 Å². The van der Waals surface area contributed by atoms with Crippen LogP contribution in [0, 0.1) is 11.8 Å². The molecule has 4 heteroatoms. The Balaban J connectivity index is 1.65. The van der Waals surface area contributed by atoms with E-state index in [0.717, 1.165) is 19.0 Å². The van der Waals surface area contributed by atoms with Crippen molar-refractivity contribution in [3.8, 4) is 0 Å². The summed E-state index contributed by atoms with van der Waals surface area (Å²) in [6.07, 6.45) is 6.07. The lowest BCUT2D eigenvalue weighted by Gasteiger charge is -2.58. The number of carbonyl (C=O) groups excluding carboxylic acids is 1. The Morgan fingerprint density at radius 2 is 1.84 bits per heavy atom. The molecule has 5 atom stereocenters. The topological polar surface area (TPSA) is 43.8 Å². The van der Waals surface area contributed by atoms with Gasteiger partial charge in [0.2, 0.25) is 0 Å². The third kappa shape index (κ3) is 1.76. The maximum absolute atomic E-state index is 12.3. The number of rotatable bonds is 0. The molecule has 0 aromatic heterocycles. The molecule has 0 spiro atoms. The number of amides is 1. The summed E-state index contributed by atoms with van der Waals surface area (Å²) in [6.45, 7) is 3.43. The van der Waals surface area contributed by atoms with Crippen molar-refractivity contribution in [1.82, 2.24) is 9.80 Å². The van der Waals surface area contributed by atoms with Crippen molar-refractivity contribution in [2.45, 2.75) is 56.7 Å². The van der Waals surface area contributed by atoms with E-state index >= 15 is 0 Å². The molecule has 4 aliphatic rings. The fourth-order valence-electron chi connectivity index (χ4n) is 5.26. The highest BCUT2D eigenvalue weighted by Gasteiger charge is 2.51. The summed E-state index contributed by atoms with van der Waals surface area (Å²) >= 11 is 0. The van der Waals surface area contributed by atoms with Crippen LogP contribution in [0.4, 0.5) is 0 Å². The predicted molar refractivity (Wildman–Crippen MR) is 71.6 cm³/mol. The van der Waals surface area contributed by atoms with Crippen LogP contribution in [0.5, 0.6) is 0 Å². The van der Waals surface area contributed by atoms with E-state index in [1.165, 1.54) is 38.8 Å². The van der Waals surface area contributed by atoms with E-state index in [4.69, 9.17) is 0 Å². The first-order chi connectivity index (χ1) is 9.25. The average molecular weight is 264 g/mol. The van der Waals surface area contributed by atoms with Crippen LogP contribution in [0.15, 0.2) is 0 Å². The first-order valence-corrected chi connectivity index (χ1v) is 7.98. The zero-order valence-corrected chi connectivity index (χ0v) is 11.5. The molecule has 4 rings (SSSR count). The Labute approximate surface area is 114 Å². The average Bonchev–Trinajstić information content (AvgIpc) is 2.44. The Bertz CT molecular complexity index is 384. The molecular formula is C15H24N2O2. The van der Waals surface area contributed by atoms with Gasteiger partial charge in [0, 0.05) is 18.6 Å². The zero-order chi connectivity index (χ0) is 13.0. The summed E-state index contributed by atoms with van der Waals surface area (Å²) in [5, 5.41) is 9.84. The quantitative estimate of drug-likeness (QED) is 0.705. The molecule has 4 aliphatic heterocycles. The van der Waals surface area contributed by atoms with Crippen LogP contribution in [0.1, 0.15) is 38.5 Å². The molecule has 0 saturated carbocycles. The minimum atomic E-state index is -0.726. The van der Waals surface area contributed by atoms with Gasteiger partial charge in [-0.25, -0.2) is 0 Å². The maximum atomic E-state index is 12.3. The van der Waals surface area contributed by atoms with Crippen molar-refractivity contribution in [3.05, 3.63) is 0 Å². The predicted octanol–water partition coefficient (Wildman–Crippen LogP) is 0.842. The normalized spacial score (nSPS) is 46.7. The van der Waals surface area contributed by atoms with Gasteiger partial charge in [-0.05, 0) is 63.5 Å². The van der Waals surface area contributed by atoms with E-state index in [0.29, 0.717) is 24.3 Å². The van der Waals surface area contributed by atoms with Crippen molar-refractivity contribution in [1.29, 1.82) is 0 Å². The monoisotopic (exact) mass is 264 g/mol. The second-order valence-electron chi connectivity index (χ2n) is 6.89. The highest BCUT2D eigenvalue weighted by molar-refractivity contribution is 5.82. The molecule has 0 aromatic rings. The fraction of sp³-hybridized carbons (Fsp3) is 0.933. The fourth-order valence-corrected chi connectivity index (χ4v) is 5.26. The molecule has 1 N–H and O–H groups in total. The minimum Gasteiger partial charge on any atom is -0.383 e. The molecule has 4 heterocycles. The van der Waals surface area contributed by atoms with Crippen LogP contribution >= 0.6 is 0 Å². The molecule has 0 aromatic carbocycles. The third-order valence-corrected chi connectivity index (χ3v) is 5.98. The van der Waals surface area contributed by atoms with Crippen LogP contribution in [0.2, 0.25) is 0 Å². The van der Waals surface area contributed by atoms with Crippen LogP contribution < -0.4 is 0 Å². The molecule has 1 amide bonds.